The van der Waals surface area contributed by atoms with Gasteiger partial charge < -0.3 is 29.4 Å². The molecule has 8 rings (SSSR count). The summed E-state index contributed by atoms with van der Waals surface area (Å²) >= 11 is 0. The first-order chi connectivity index (χ1) is 23.3. The average molecular weight is 652 g/mol. The molecule has 3 aromatic heterocycles. The Morgan fingerprint density at radius 2 is 1.75 bits per heavy atom. The van der Waals surface area contributed by atoms with Gasteiger partial charge >= 0.3 is 0 Å². The number of carbonyl (C=O) groups excluding carboxylic acids is 2. The lowest BCUT2D eigenvalue weighted by Gasteiger charge is -2.42. The van der Waals surface area contributed by atoms with E-state index >= 15 is 0 Å². The van der Waals surface area contributed by atoms with Crippen LogP contribution >= 0.6 is 0 Å². The molecule has 2 saturated heterocycles. The Kier molecular flexibility index (Phi) is 8.17. The third-order valence-electron chi connectivity index (χ3n) is 11.8. The van der Waals surface area contributed by atoms with Crippen molar-refractivity contribution in [2.75, 3.05) is 26.7 Å². The van der Waals surface area contributed by atoms with Crippen molar-refractivity contribution in [1.82, 2.24) is 28.9 Å². The molecule has 4 fully saturated rings. The van der Waals surface area contributed by atoms with Gasteiger partial charge in [0.25, 0.3) is 5.91 Å². The summed E-state index contributed by atoms with van der Waals surface area (Å²) in [5.41, 5.74) is 10.7. The first-order valence-electron chi connectivity index (χ1n) is 18.2. The van der Waals surface area contributed by atoms with E-state index in [4.69, 9.17) is 20.4 Å². The number of nitrogens with zero attached hydrogens (tertiary/aromatic N) is 6. The molecule has 0 spiro atoms. The molecule has 0 radical (unpaired) electrons. The highest BCUT2D eigenvalue weighted by Gasteiger charge is 2.40. The number of benzene rings is 1. The highest BCUT2D eigenvalue weighted by molar-refractivity contribution is 6.00. The lowest BCUT2D eigenvalue weighted by molar-refractivity contribution is -0.143. The fraction of sp³-hybridized carbons (Fsp3) is 0.579. The fourth-order valence-electron chi connectivity index (χ4n) is 8.61. The first kappa shape index (κ1) is 31.4. The van der Waals surface area contributed by atoms with Gasteiger partial charge in [0.2, 0.25) is 5.91 Å². The Morgan fingerprint density at radius 3 is 2.46 bits per heavy atom. The Labute approximate surface area is 282 Å². The summed E-state index contributed by atoms with van der Waals surface area (Å²) < 4.78 is 10.7. The van der Waals surface area contributed by atoms with Crippen LogP contribution in [0.5, 0.6) is 5.75 Å². The Balaban J connectivity index is 1.19. The molecular formula is C38H49N7O3. The van der Waals surface area contributed by atoms with Gasteiger partial charge in [-0.15, -0.1) is 0 Å². The number of fused-ring (bicyclic) bond motifs is 2. The molecule has 4 aliphatic rings. The summed E-state index contributed by atoms with van der Waals surface area (Å²) in [4.78, 5) is 41.4. The molecule has 254 valence electrons. The van der Waals surface area contributed by atoms with Crippen LogP contribution in [0.4, 0.5) is 0 Å². The maximum absolute atomic E-state index is 14.0. The van der Waals surface area contributed by atoms with E-state index < -0.39 is 0 Å². The molecule has 3 atom stereocenters. The van der Waals surface area contributed by atoms with Crippen molar-refractivity contribution in [2.45, 2.75) is 90.4 Å². The topological polar surface area (TPSA) is 112 Å². The molecule has 0 bridgehead atoms. The number of pyridine rings is 1. The van der Waals surface area contributed by atoms with E-state index in [1.165, 1.54) is 19.3 Å². The van der Waals surface area contributed by atoms with E-state index in [0.717, 1.165) is 85.3 Å². The number of imidazole rings is 1. The zero-order chi connectivity index (χ0) is 33.1. The molecule has 2 aliphatic carbocycles. The van der Waals surface area contributed by atoms with Gasteiger partial charge in [-0.25, -0.2) is 9.97 Å². The molecule has 2 N–H and O–H groups in total. The number of hydrogen-bond acceptors (Lipinski definition) is 6. The van der Waals surface area contributed by atoms with Crippen LogP contribution < -0.4 is 10.5 Å². The predicted octanol–water partition coefficient (Wildman–Crippen LogP) is 5.71. The molecule has 5 heterocycles. The van der Waals surface area contributed by atoms with Gasteiger partial charge in [0, 0.05) is 73.8 Å². The molecule has 2 aliphatic heterocycles. The standard InChI is InChI=1S/C38H49N7O3/c1-4-26-22-43(23(2)33(26)39)38(47)29-15-30-34(32(17-29)48-3)45(21-25-18-42(19-25)37(46)27-9-6-5-7-10-27)36(41-30)31-16-28-11-8-14-40-35(28)44(31)20-24-12-13-24/h8,11,14-17,23-27,33H,4-7,9-10,12-13,18-22,39H2,1-3H3/t23?,26?,33-/m0/s1. The van der Waals surface area contributed by atoms with Gasteiger partial charge in [-0.2, -0.15) is 0 Å². The second kappa shape index (κ2) is 12.5. The summed E-state index contributed by atoms with van der Waals surface area (Å²) in [6.07, 6.45) is 10.9. The minimum absolute atomic E-state index is 0.0342. The number of rotatable bonds is 9. The Bertz CT molecular complexity index is 1850. The van der Waals surface area contributed by atoms with Crippen molar-refractivity contribution in [1.29, 1.82) is 0 Å². The van der Waals surface area contributed by atoms with Crippen molar-refractivity contribution >= 4 is 33.9 Å². The molecule has 2 unspecified atom stereocenters. The van der Waals surface area contributed by atoms with E-state index in [-0.39, 0.29) is 29.8 Å². The molecule has 2 saturated carbocycles. The van der Waals surface area contributed by atoms with Crippen LogP contribution in [0.1, 0.15) is 75.6 Å². The molecule has 48 heavy (non-hydrogen) atoms. The summed E-state index contributed by atoms with van der Waals surface area (Å²) in [6.45, 7) is 7.96. The van der Waals surface area contributed by atoms with Crippen LogP contribution in [0.3, 0.4) is 0 Å². The third kappa shape index (κ3) is 5.46. The van der Waals surface area contributed by atoms with Crippen molar-refractivity contribution in [2.24, 2.45) is 29.4 Å². The van der Waals surface area contributed by atoms with Crippen LogP contribution in [0.2, 0.25) is 0 Å². The van der Waals surface area contributed by atoms with Crippen LogP contribution in [-0.2, 0) is 17.9 Å². The van der Waals surface area contributed by atoms with Gasteiger partial charge in [-0.3, -0.25) is 9.59 Å². The van der Waals surface area contributed by atoms with Gasteiger partial charge in [-0.05, 0) is 74.8 Å². The van der Waals surface area contributed by atoms with Crippen molar-refractivity contribution < 1.29 is 14.3 Å². The Morgan fingerprint density at radius 1 is 0.979 bits per heavy atom. The van der Waals surface area contributed by atoms with E-state index in [1.807, 2.05) is 29.3 Å². The third-order valence-corrected chi connectivity index (χ3v) is 11.8. The number of ether oxygens (including phenoxy) is 1. The molecular weight excluding hydrogens is 602 g/mol. The Hall–Kier alpha value is -3.92. The summed E-state index contributed by atoms with van der Waals surface area (Å²) in [6, 6.07) is 10.0. The number of likely N-dealkylation sites (tertiary alicyclic amines) is 2. The lowest BCUT2D eigenvalue weighted by Crippen LogP contribution is -2.53. The summed E-state index contributed by atoms with van der Waals surface area (Å²) in [7, 11) is 1.67. The summed E-state index contributed by atoms with van der Waals surface area (Å²) in [5, 5.41) is 1.09. The molecule has 10 nitrogen and oxygen atoms in total. The largest absolute Gasteiger partial charge is 0.494 e. The number of nitrogens with two attached hydrogens (primary N) is 1. The molecule has 4 aromatic rings. The monoisotopic (exact) mass is 651 g/mol. The maximum atomic E-state index is 14.0. The van der Waals surface area contributed by atoms with Crippen molar-refractivity contribution in [3.8, 4) is 17.3 Å². The van der Waals surface area contributed by atoms with Crippen molar-refractivity contribution in [3.05, 3.63) is 42.1 Å². The molecule has 10 heteroatoms. The van der Waals surface area contributed by atoms with Crippen LogP contribution in [0.25, 0.3) is 33.6 Å². The number of amides is 2. The average Bonchev–Trinajstić information content (AvgIpc) is 3.65. The van der Waals surface area contributed by atoms with E-state index in [1.54, 1.807) is 7.11 Å². The number of hydrogen-bond donors (Lipinski definition) is 1. The minimum atomic E-state index is -0.0410. The highest BCUT2D eigenvalue weighted by atomic mass is 16.5. The van der Waals surface area contributed by atoms with Gasteiger partial charge in [-0.1, -0.05) is 32.6 Å². The zero-order valence-electron chi connectivity index (χ0n) is 28.6. The van der Waals surface area contributed by atoms with Gasteiger partial charge in [0.1, 0.15) is 16.9 Å². The number of carbonyl (C=O) groups is 2. The second-order valence-corrected chi connectivity index (χ2v) is 15.0. The van der Waals surface area contributed by atoms with E-state index in [2.05, 4.69) is 40.0 Å². The minimum Gasteiger partial charge on any atom is -0.494 e. The fourth-order valence-corrected chi connectivity index (χ4v) is 8.61. The number of aromatic nitrogens is 4. The normalized spacial score (nSPS) is 23.7. The molecule has 1 aromatic carbocycles. The lowest BCUT2D eigenvalue weighted by atomic mass is 9.86. The quantitative estimate of drug-likeness (QED) is 0.248. The van der Waals surface area contributed by atoms with Crippen molar-refractivity contribution in [3.63, 3.8) is 0 Å². The maximum Gasteiger partial charge on any atom is 0.254 e. The van der Waals surface area contributed by atoms with Gasteiger partial charge in [0.15, 0.2) is 5.82 Å². The predicted molar refractivity (Wildman–Crippen MR) is 187 cm³/mol. The summed E-state index contributed by atoms with van der Waals surface area (Å²) in [5.74, 6) is 3.20. The van der Waals surface area contributed by atoms with E-state index in [9.17, 15) is 9.59 Å². The number of methoxy groups -OCH3 is 1. The highest BCUT2D eigenvalue weighted by Crippen LogP contribution is 2.39. The van der Waals surface area contributed by atoms with Crippen LogP contribution in [-0.4, -0.2) is 79.5 Å². The van der Waals surface area contributed by atoms with E-state index in [0.29, 0.717) is 42.1 Å². The van der Waals surface area contributed by atoms with Gasteiger partial charge in [0.05, 0.1) is 18.3 Å². The SMILES string of the molecule is CCC1CN(C(=O)c2cc(OC)c3c(c2)nc(-c2cc4cccnc4n2CC2CC2)n3CC2CN(C(=O)C3CCCCC3)C2)C(C)[C@@H]1N. The second-order valence-electron chi connectivity index (χ2n) is 15.0. The smallest absolute Gasteiger partial charge is 0.254 e. The van der Waals surface area contributed by atoms with Crippen LogP contribution in [0.15, 0.2) is 36.5 Å². The molecule has 2 amide bonds. The zero-order valence-corrected chi connectivity index (χ0v) is 28.6. The first-order valence-corrected chi connectivity index (χ1v) is 18.2. The van der Waals surface area contributed by atoms with Crippen LogP contribution in [0, 0.1) is 23.7 Å².